The summed E-state index contributed by atoms with van der Waals surface area (Å²) < 4.78 is 9.87. The number of carbonyl (C=O) groups excluding carboxylic acids is 2. The van der Waals surface area contributed by atoms with E-state index < -0.39 is 11.9 Å². The van der Waals surface area contributed by atoms with Crippen molar-refractivity contribution in [2.45, 2.75) is 20.8 Å². The first-order valence-electron chi connectivity index (χ1n) is 5.62. The first kappa shape index (κ1) is 15.5. The van der Waals surface area contributed by atoms with E-state index in [9.17, 15) is 9.59 Å². The third-order valence-corrected chi connectivity index (χ3v) is 3.47. The van der Waals surface area contributed by atoms with Crippen molar-refractivity contribution in [3.8, 4) is 0 Å². The summed E-state index contributed by atoms with van der Waals surface area (Å²) in [5.41, 5.74) is 0.734. The van der Waals surface area contributed by atoms with E-state index in [1.165, 1.54) is 0 Å². The summed E-state index contributed by atoms with van der Waals surface area (Å²) >= 11 is 5.58. The summed E-state index contributed by atoms with van der Waals surface area (Å²) in [6, 6.07) is 0. The molecule has 102 valence electrons. The van der Waals surface area contributed by atoms with Crippen LogP contribution in [0.15, 0.2) is 4.99 Å². The van der Waals surface area contributed by atoms with Crippen molar-refractivity contribution < 1.29 is 19.1 Å². The number of isothiocyanates is 1. The minimum absolute atomic E-state index is 0.240. The molecule has 1 aromatic rings. The summed E-state index contributed by atoms with van der Waals surface area (Å²) in [6.45, 7) is 5.56. The first-order chi connectivity index (χ1) is 9.06. The molecule has 0 aliphatic carbocycles. The molecule has 7 heteroatoms. The Morgan fingerprint density at radius 2 is 1.84 bits per heavy atom. The maximum Gasteiger partial charge on any atom is 0.348 e. The standard InChI is InChI=1S/C12H13NO4S2/c1-4-16-11(14)8-7(3)9(12(15)17-5-2)19-10(8)13-6-18/h4-5H2,1-3H3. The Morgan fingerprint density at radius 3 is 2.37 bits per heavy atom. The molecule has 0 fully saturated rings. The molecular weight excluding hydrogens is 286 g/mol. The van der Waals surface area contributed by atoms with Crippen LogP contribution in [0.25, 0.3) is 0 Å². The number of thiophene rings is 1. The minimum atomic E-state index is -0.532. The third-order valence-electron chi connectivity index (χ3n) is 2.22. The fourth-order valence-electron chi connectivity index (χ4n) is 1.45. The second-order valence-corrected chi connectivity index (χ2v) is 4.56. The Kier molecular flexibility index (Phi) is 5.82. The predicted octanol–water partition coefficient (Wildman–Crippen LogP) is 3.14. The molecule has 0 radical (unpaired) electrons. The molecule has 5 nitrogen and oxygen atoms in total. The molecule has 1 heterocycles. The van der Waals surface area contributed by atoms with Crippen LogP contribution in [0.1, 0.15) is 39.4 Å². The van der Waals surface area contributed by atoms with Crippen LogP contribution in [-0.4, -0.2) is 30.3 Å². The van der Waals surface area contributed by atoms with Crippen molar-refractivity contribution in [2.24, 2.45) is 4.99 Å². The van der Waals surface area contributed by atoms with E-state index in [4.69, 9.17) is 9.47 Å². The molecule has 1 rings (SSSR count). The quantitative estimate of drug-likeness (QED) is 0.475. The van der Waals surface area contributed by atoms with Crippen LogP contribution < -0.4 is 0 Å². The summed E-state index contributed by atoms with van der Waals surface area (Å²) in [5, 5.41) is 2.51. The van der Waals surface area contributed by atoms with E-state index in [0.29, 0.717) is 15.4 Å². The number of carbonyl (C=O) groups is 2. The SMILES string of the molecule is CCOC(=O)c1sc(N=C=S)c(C(=O)OCC)c1C. The van der Waals surface area contributed by atoms with Gasteiger partial charge < -0.3 is 9.47 Å². The van der Waals surface area contributed by atoms with Gasteiger partial charge in [-0.25, -0.2) is 9.59 Å². The lowest BCUT2D eigenvalue weighted by atomic mass is 10.1. The average Bonchev–Trinajstić information content (AvgIpc) is 2.67. The van der Waals surface area contributed by atoms with E-state index in [-0.39, 0.29) is 18.8 Å². The first-order valence-corrected chi connectivity index (χ1v) is 6.84. The summed E-state index contributed by atoms with van der Waals surface area (Å²) in [6.07, 6.45) is 0. The van der Waals surface area contributed by atoms with Gasteiger partial charge in [-0.15, -0.1) is 11.3 Å². The molecule has 0 aliphatic rings. The Balaban J connectivity index is 3.31. The van der Waals surface area contributed by atoms with Crippen molar-refractivity contribution in [3.63, 3.8) is 0 Å². The zero-order valence-corrected chi connectivity index (χ0v) is 12.4. The van der Waals surface area contributed by atoms with Crippen molar-refractivity contribution in [2.75, 3.05) is 13.2 Å². The molecule has 0 N–H and O–H groups in total. The number of thiocarbonyl (C=S) groups is 1. The normalized spacial score (nSPS) is 9.63. The fraction of sp³-hybridized carbons (Fsp3) is 0.417. The van der Waals surface area contributed by atoms with Gasteiger partial charge in [-0.05, 0) is 38.6 Å². The Morgan fingerprint density at radius 1 is 1.26 bits per heavy atom. The number of hydrogen-bond donors (Lipinski definition) is 0. The highest BCUT2D eigenvalue weighted by atomic mass is 32.1. The van der Waals surface area contributed by atoms with Gasteiger partial charge in [-0.3, -0.25) is 0 Å². The molecule has 0 amide bonds. The third kappa shape index (κ3) is 3.47. The average molecular weight is 299 g/mol. The van der Waals surface area contributed by atoms with Gasteiger partial charge in [-0.1, -0.05) is 0 Å². The summed E-state index contributed by atoms with van der Waals surface area (Å²) in [4.78, 5) is 27.8. The lowest BCUT2D eigenvalue weighted by Crippen LogP contribution is -2.08. The molecule has 0 saturated carbocycles. The highest BCUT2D eigenvalue weighted by Gasteiger charge is 2.26. The van der Waals surface area contributed by atoms with Gasteiger partial charge in [-0.2, -0.15) is 4.99 Å². The van der Waals surface area contributed by atoms with Crippen molar-refractivity contribution in [3.05, 3.63) is 16.0 Å². The molecule has 0 atom stereocenters. The van der Waals surface area contributed by atoms with Crippen LogP contribution in [0.5, 0.6) is 0 Å². The summed E-state index contributed by atoms with van der Waals surface area (Å²) in [7, 11) is 0. The van der Waals surface area contributed by atoms with Gasteiger partial charge in [0, 0.05) is 0 Å². The topological polar surface area (TPSA) is 65.0 Å². The smallest absolute Gasteiger partial charge is 0.348 e. The van der Waals surface area contributed by atoms with E-state index in [1.807, 2.05) is 0 Å². The van der Waals surface area contributed by atoms with Crippen LogP contribution in [0.4, 0.5) is 5.00 Å². The van der Waals surface area contributed by atoms with Gasteiger partial charge in [0.15, 0.2) is 0 Å². The molecular formula is C12H13NO4S2. The van der Waals surface area contributed by atoms with E-state index in [0.717, 1.165) is 11.3 Å². The maximum atomic E-state index is 11.9. The van der Waals surface area contributed by atoms with E-state index in [1.54, 1.807) is 20.8 Å². The van der Waals surface area contributed by atoms with Crippen molar-refractivity contribution >= 4 is 45.7 Å². The lowest BCUT2D eigenvalue weighted by Gasteiger charge is -2.02. The zero-order chi connectivity index (χ0) is 14.4. The number of ether oxygens (including phenoxy) is 2. The van der Waals surface area contributed by atoms with Crippen LogP contribution >= 0.6 is 23.6 Å². The van der Waals surface area contributed by atoms with Gasteiger partial charge in [0.25, 0.3) is 0 Å². The van der Waals surface area contributed by atoms with Gasteiger partial charge in [0.05, 0.1) is 18.4 Å². The Labute approximate surface area is 120 Å². The van der Waals surface area contributed by atoms with Crippen LogP contribution in [0.3, 0.4) is 0 Å². The monoisotopic (exact) mass is 299 g/mol. The fourth-order valence-corrected chi connectivity index (χ4v) is 2.62. The second kappa shape index (κ2) is 7.13. The molecule has 0 bridgehead atoms. The molecule has 0 unspecified atom stereocenters. The van der Waals surface area contributed by atoms with Crippen LogP contribution in [-0.2, 0) is 9.47 Å². The Bertz CT molecular complexity index is 544. The van der Waals surface area contributed by atoms with Crippen molar-refractivity contribution in [1.82, 2.24) is 0 Å². The zero-order valence-electron chi connectivity index (χ0n) is 10.8. The molecule has 0 aliphatic heterocycles. The highest BCUT2D eigenvalue weighted by Crippen LogP contribution is 2.36. The summed E-state index contributed by atoms with van der Waals surface area (Å²) in [5.74, 6) is -1.02. The van der Waals surface area contributed by atoms with E-state index in [2.05, 4.69) is 22.4 Å². The number of esters is 2. The minimum Gasteiger partial charge on any atom is -0.462 e. The van der Waals surface area contributed by atoms with Gasteiger partial charge >= 0.3 is 11.9 Å². The second-order valence-electron chi connectivity index (χ2n) is 3.38. The van der Waals surface area contributed by atoms with Gasteiger partial charge in [0.2, 0.25) is 0 Å². The van der Waals surface area contributed by atoms with Gasteiger partial charge in [0.1, 0.15) is 15.4 Å². The lowest BCUT2D eigenvalue weighted by molar-refractivity contribution is 0.0527. The molecule has 0 aromatic carbocycles. The molecule has 0 saturated heterocycles. The van der Waals surface area contributed by atoms with Crippen LogP contribution in [0, 0.1) is 6.92 Å². The molecule has 0 spiro atoms. The maximum absolute atomic E-state index is 11.9. The molecule has 19 heavy (non-hydrogen) atoms. The molecule has 1 aromatic heterocycles. The van der Waals surface area contributed by atoms with Crippen molar-refractivity contribution in [1.29, 1.82) is 0 Å². The predicted molar refractivity (Wildman–Crippen MR) is 75.7 cm³/mol. The van der Waals surface area contributed by atoms with Crippen LogP contribution in [0.2, 0.25) is 0 Å². The largest absolute Gasteiger partial charge is 0.462 e. The Hall–Kier alpha value is -1.56. The number of aliphatic imine (C=N–C) groups is 1. The highest BCUT2D eigenvalue weighted by molar-refractivity contribution is 7.78. The van der Waals surface area contributed by atoms with E-state index >= 15 is 0 Å². The number of nitrogens with zero attached hydrogens (tertiary/aromatic N) is 1. The number of rotatable bonds is 5. The number of hydrogen-bond acceptors (Lipinski definition) is 7.